The predicted octanol–water partition coefficient (Wildman–Crippen LogP) is 3.72. The van der Waals surface area contributed by atoms with Gasteiger partial charge in [0.2, 0.25) is 0 Å². The van der Waals surface area contributed by atoms with E-state index in [1.807, 2.05) is 0 Å². The van der Waals surface area contributed by atoms with Crippen molar-refractivity contribution in [2.75, 3.05) is 0 Å². The van der Waals surface area contributed by atoms with Crippen molar-refractivity contribution in [2.45, 2.75) is 6.92 Å². The van der Waals surface area contributed by atoms with Crippen LogP contribution >= 0.6 is 0 Å². The van der Waals surface area contributed by atoms with Crippen LogP contribution in [0, 0.1) is 30.5 Å². The molecule has 0 aliphatic carbocycles. The van der Waals surface area contributed by atoms with Crippen molar-refractivity contribution in [3.8, 4) is 5.69 Å². The first-order valence-corrected chi connectivity index (χ1v) is 8.46. The molecule has 0 atom stereocenters. The molecule has 0 aliphatic rings. The summed E-state index contributed by atoms with van der Waals surface area (Å²) < 4.78 is 29.7. The van der Waals surface area contributed by atoms with Crippen LogP contribution in [0.2, 0.25) is 0 Å². The van der Waals surface area contributed by atoms with Gasteiger partial charge in [-0.05, 0) is 31.2 Å². The minimum absolute atomic E-state index is 0.0339. The van der Waals surface area contributed by atoms with Gasteiger partial charge in [0.05, 0.1) is 12.8 Å². The molecular weight excluding hydrogens is 376 g/mol. The topological polar surface area (TPSA) is 76.2 Å². The number of fused-ring (bicyclic) bond motifs is 1. The van der Waals surface area contributed by atoms with Crippen LogP contribution in [0.25, 0.3) is 21.7 Å². The van der Waals surface area contributed by atoms with Gasteiger partial charge in [-0.3, -0.25) is 9.98 Å². The number of hydrogen-bond acceptors (Lipinski definition) is 4. The third-order valence-corrected chi connectivity index (χ3v) is 4.28. The number of aromatic nitrogens is 4. The molecule has 2 aromatic heterocycles. The van der Waals surface area contributed by atoms with Crippen molar-refractivity contribution >= 4 is 23.1 Å². The monoisotopic (exact) mass is 389 g/mol. The molecule has 0 radical (unpaired) electrons. The maximum absolute atomic E-state index is 13.8. The largest absolute Gasteiger partial charge is 0.281 e. The van der Waals surface area contributed by atoms with Gasteiger partial charge in [0, 0.05) is 17.3 Å². The number of aryl methyl sites for hydroxylation is 1. The van der Waals surface area contributed by atoms with Crippen molar-refractivity contribution in [3.05, 3.63) is 88.7 Å². The molecule has 0 fully saturated rings. The highest BCUT2D eigenvalue weighted by Gasteiger charge is 2.13. The number of benzene rings is 2. The lowest BCUT2D eigenvalue weighted by molar-refractivity contribution is 0.582. The first-order valence-electron chi connectivity index (χ1n) is 8.46. The first kappa shape index (κ1) is 18.2. The van der Waals surface area contributed by atoms with E-state index in [0.29, 0.717) is 22.7 Å². The number of hydrogen-bond donors (Lipinski definition) is 1. The molecule has 4 rings (SSSR count). The lowest BCUT2D eigenvalue weighted by Crippen LogP contribution is -2.18. The van der Waals surface area contributed by atoms with Crippen LogP contribution < -0.4 is 5.49 Å². The third kappa shape index (κ3) is 3.27. The molecule has 0 amide bonds. The van der Waals surface area contributed by atoms with E-state index in [-0.39, 0.29) is 11.1 Å². The molecule has 0 saturated carbocycles. The van der Waals surface area contributed by atoms with Crippen LogP contribution in [-0.2, 0) is 0 Å². The average molecular weight is 389 g/mol. The van der Waals surface area contributed by atoms with Crippen LogP contribution in [0.3, 0.4) is 0 Å². The van der Waals surface area contributed by atoms with Gasteiger partial charge in [0.15, 0.2) is 22.3 Å². The van der Waals surface area contributed by atoms with Crippen LogP contribution in [0.5, 0.6) is 0 Å². The van der Waals surface area contributed by atoms with Gasteiger partial charge in [-0.2, -0.15) is 5.10 Å². The fourth-order valence-corrected chi connectivity index (χ4v) is 2.88. The van der Waals surface area contributed by atoms with E-state index < -0.39 is 11.6 Å². The highest BCUT2D eigenvalue weighted by Crippen LogP contribution is 2.20. The highest BCUT2D eigenvalue weighted by molar-refractivity contribution is 5.80. The van der Waals surface area contributed by atoms with Gasteiger partial charge in [0.25, 0.3) is 0 Å². The van der Waals surface area contributed by atoms with Gasteiger partial charge < -0.3 is 0 Å². The Morgan fingerprint density at radius 2 is 1.93 bits per heavy atom. The summed E-state index contributed by atoms with van der Waals surface area (Å²) >= 11 is 0. The summed E-state index contributed by atoms with van der Waals surface area (Å²) in [4.78, 5) is 12.1. The molecule has 0 aliphatic heterocycles. The second-order valence-corrected chi connectivity index (χ2v) is 6.14. The maximum atomic E-state index is 13.8. The van der Waals surface area contributed by atoms with E-state index in [2.05, 4.69) is 19.9 Å². The average Bonchev–Trinajstić information content (AvgIpc) is 3.05. The normalized spacial score (nSPS) is 11.2. The van der Waals surface area contributed by atoms with Crippen molar-refractivity contribution in [1.82, 2.24) is 19.2 Å². The summed E-state index contributed by atoms with van der Waals surface area (Å²) in [7, 11) is 0. The smallest absolute Gasteiger partial charge is 0.187 e. The lowest BCUT2D eigenvalue weighted by Gasteiger charge is -2.06. The van der Waals surface area contributed by atoms with E-state index in [4.69, 9.17) is 12.0 Å². The number of rotatable bonds is 3. The highest BCUT2D eigenvalue weighted by atomic mass is 19.1. The Hall–Kier alpha value is -4.19. The third-order valence-electron chi connectivity index (χ3n) is 4.28. The molecular formula is C20H13F2N7. The molecule has 29 heavy (non-hydrogen) atoms. The summed E-state index contributed by atoms with van der Waals surface area (Å²) in [5.74, 6) is -0.817. The van der Waals surface area contributed by atoms with Crippen molar-refractivity contribution in [1.29, 1.82) is 5.41 Å². The van der Waals surface area contributed by atoms with E-state index in [0.717, 1.165) is 22.5 Å². The van der Waals surface area contributed by atoms with Gasteiger partial charge >= 0.3 is 0 Å². The standard InChI is InChI=1S/C20H13F2N7/c1-12-27-18-19(23)28(26-10-13-3-4-14(21)9-17(13)22)11-25-20(18)29(12)16-7-5-15(24-2)6-8-16/h3-11,23H,1H3/b23-19?,26-10-. The molecule has 0 spiro atoms. The Labute approximate surface area is 163 Å². The lowest BCUT2D eigenvalue weighted by atomic mass is 10.2. The zero-order valence-electron chi connectivity index (χ0n) is 15.1. The molecule has 0 saturated heterocycles. The van der Waals surface area contributed by atoms with Gasteiger partial charge in [-0.1, -0.05) is 12.1 Å². The zero-order chi connectivity index (χ0) is 20.5. The van der Waals surface area contributed by atoms with Crippen LogP contribution in [0.15, 0.2) is 53.9 Å². The molecule has 2 heterocycles. The molecule has 7 nitrogen and oxygen atoms in total. The minimum atomic E-state index is -0.752. The van der Waals surface area contributed by atoms with Crippen LogP contribution in [0.4, 0.5) is 14.5 Å². The Morgan fingerprint density at radius 3 is 2.62 bits per heavy atom. The number of nitrogens with zero attached hydrogens (tertiary/aromatic N) is 6. The molecule has 142 valence electrons. The van der Waals surface area contributed by atoms with Crippen molar-refractivity contribution < 1.29 is 8.78 Å². The van der Waals surface area contributed by atoms with Crippen LogP contribution in [0.1, 0.15) is 11.4 Å². The van der Waals surface area contributed by atoms with Crippen LogP contribution in [-0.4, -0.2) is 25.4 Å². The van der Waals surface area contributed by atoms with Gasteiger partial charge in [0.1, 0.15) is 23.8 Å². The Balaban J connectivity index is 1.78. The summed E-state index contributed by atoms with van der Waals surface area (Å²) in [5, 5.41) is 12.4. The van der Waals surface area contributed by atoms with E-state index in [1.165, 1.54) is 18.6 Å². The maximum Gasteiger partial charge on any atom is 0.187 e. The number of imidazole rings is 1. The van der Waals surface area contributed by atoms with Gasteiger partial charge in [-0.15, -0.1) is 0 Å². The van der Waals surface area contributed by atoms with Gasteiger partial charge in [-0.25, -0.2) is 28.3 Å². The number of halogens is 2. The first-order chi connectivity index (χ1) is 14.0. The van der Waals surface area contributed by atoms with E-state index >= 15 is 0 Å². The quantitative estimate of drug-likeness (QED) is 0.428. The molecule has 4 aromatic rings. The molecule has 1 N–H and O–H groups in total. The zero-order valence-corrected chi connectivity index (χ0v) is 15.1. The number of nitrogens with one attached hydrogen (secondary N) is 1. The molecule has 0 unspecified atom stereocenters. The second kappa shape index (κ2) is 7.09. The summed E-state index contributed by atoms with van der Waals surface area (Å²) in [6.07, 6.45) is 2.51. The molecule has 9 heteroatoms. The summed E-state index contributed by atoms with van der Waals surface area (Å²) in [6.45, 7) is 8.83. The molecule has 2 aromatic carbocycles. The van der Waals surface area contributed by atoms with E-state index in [1.54, 1.807) is 35.8 Å². The Bertz CT molecular complexity index is 1360. The second-order valence-electron chi connectivity index (χ2n) is 6.14. The predicted molar refractivity (Wildman–Crippen MR) is 103 cm³/mol. The van der Waals surface area contributed by atoms with E-state index in [9.17, 15) is 8.78 Å². The Kier molecular flexibility index (Phi) is 4.44. The fourth-order valence-electron chi connectivity index (χ4n) is 2.88. The Morgan fingerprint density at radius 1 is 1.17 bits per heavy atom. The SMILES string of the molecule is [C-]#[N+]c1ccc(-n2c(C)nc3c(=N)n(/N=C\c4ccc(F)cc4F)cnc32)cc1. The van der Waals surface area contributed by atoms with Crippen molar-refractivity contribution in [3.63, 3.8) is 0 Å². The summed E-state index contributed by atoms with van der Waals surface area (Å²) in [5.41, 5.74) is 2.11. The van der Waals surface area contributed by atoms with Crippen molar-refractivity contribution in [2.24, 2.45) is 5.10 Å². The fraction of sp³-hybridized carbons (Fsp3) is 0.0500. The minimum Gasteiger partial charge on any atom is -0.281 e. The summed E-state index contributed by atoms with van der Waals surface area (Å²) in [6, 6.07) is 10.1. The molecule has 0 bridgehead atoms.